The number of carbonyl (C=O) groups is 1. The van der Waals surface area contributed by atoms with E-state index in [1.807, 2.05) is 30.3 Å². The van der Waals surface area contributed by atoms with Crippen LogP contribution in [0.2, 0.25) is 0 Å². The molecule has 0 fully saturated rings. The highest BCUT2D eigenvalue weighted by Gasteiger charge is 2.27. The Labute approximate surface area is 153 Å². The maximum absolute atomic E-state index is 12.8. The van der Waals surface area contributed by atoms with E-state index in [0.29, 0.717) is 0 Å². The molecular formula is C18H22N2O5S. The molecule has 2 N–H and O–H groups in total. The third-order valence-electron chi connectivity index (χ3n) is 3.50. The number of hydroxylamine groups is 2. The second kappa shape index (κ2) is 8.91. The highest BCUT2D eigenvalue weighted by Crippen LogP contribution is 2.23. The summed E-state index contributed by atoms with van der Waals surface area (Å²) in [4.78, 5) is 16.6. The van der Waals surface area contributed by atoms with Crippen LogP contribution in [0.1, 0.15) is 20.3 Å². The van der Waals surface area contributed by atoms with Gasteiger partial charge < -0.3 is 0 Å². The summed E-state index contributed by atoms with van der Waals surface area (Å²) in [5.41, 5.74) is 3.34. The molecule has 0 saturated carbocycles. The lowest BCUT2D eigenvalue weighted by atomic mass is 10.1. The Morgan fingerprint density at radius 3 is 2.19 bits per heavy atom. The van der Waals surface area contributed by atoms with Crippen molar-refractivity contribution in [2.45, 2.75) is 31.3 Å². The zero-order chi connectivity index (χ0) is 19.2. The van der Waals surface area contributed by atoms with Crippen LogP contribution >= 0.6 is 0 Å². The molecule has 0 saturated heterocycles. The second-order valence-electron chi connectivity index (χ2n) is 5.86. The highest BCUT2D eigenvalue weighted by molar-refractivity contribution is 7.89. The van der Waals surface area contributed by atoms with E-state index in [9.17, 15) is 13.2 Å². The van der Waals surface area contributed by atoms with Gasteiger partial charge in [0.2, 0.25) is 5.91 Å². The molecule has 0 aliphatic heterocycles. The van der Waals surface area contributed by atoms with Gasteiger partial charge in [0.05, 0.1) is 11.0 Å². The average Bonchev–Trinajstić information content (AvgIpc) is 2.65. The zero-order valence-corrected chi connectivity index (χ0v) is 15.4. The van der Waals surface area contributed by atoms with Gasteiger partial charge in [-0.15, -0.1) is 0 Å². The fourth-order valence-electron chi connectivity index (χ4n) is 2.28. The number of nitrogens with one attached hydrogen (secondary N) is 1. The van der Waals surface area contributed by atoms with Crippen LogP contribution in [0.15, 0.2) is 59.5 Å². The van der Waals surface area contributed by atoms with Gasteiger partial charge in [-0.25, -0.2) is 13.9 Å². The Balaban J connectivity index is 2.25. The van der Waals surface area contributed by atoms with Crippen LogP contribution in [0.25, 0.3) is 11.1 Å². The first-order valence-electron chi connectivity index (χ1n) is 8.12. The lowest BCUT2D eigenvalue weighted by Crippen LogP contribution is -2.36. The van der Waals surface area contributed by atoms with Gasteiger partial charge in [0.15, 0.2) is 0 Å². The molecule has 26 heavy (non-hydrogen) atoms. The van der Waals surface area contributed by atoms with E-state index < -0.39 is 22.0 Å². The summed E-state index contributed by atoms with van der Waals surface area (Å²) in [6.07, 6.45) is -0.629. The smallest absolute Gasteiger partial charge is 0.265 e. The van der Waals surface area contributed by atoms with E-state index in [1.165, 1.54) is 17.6 Å². The Morgan fingerprint density at radius 2 is 1.65 bits per heavy atom. The Bertz CT molecular complexity index is 820. The number of nitrogens with zero attached hydrogens (tertiary/aromatic N) is 1. The third-order valence-corrected chi connectivity index (χ3v) is 5.17. The largest absolute Gasteiger partial charge is 0.289 e. The van der Waals surface area contributed by atoms with Crippen molar-refractivity contribution in [3.8, 4) is 11.1 Å². The number of hydrogen-bond donors (Lipinski definition) is 2. The van der Waals surface area contributed by atoms with Crippen molar-refractivity contribution in [1.29, 1.82) is 0 Å². The minimum Gasteiger partial charge on any atom is -0.289 e. The first kappa shape index (κ1) is 20.1. The van der Waals surface area contributed by atoms with Crippen LogP contribution in [-0.4, -0.2) is 36.6 Å². The molecule has 0 spiro atoms. The van der Waals surface area contributed by atoms with E-state index in [0.717, 1.165) is 15.6 Å². The lowest BCUT2D eigenvalue weighted by molar-refractivity contribution is -0.138. The summed E-state index contributed by atoms with van der Waals surface area (Å²) in [5, 5.41) is 8.58. The van der Waals surface area contributed by atoms with Crippen LogP contribution in [-0.2, 0) is 19.7 Å². The van der Waals surface area contributed by atoms with Crippen LogP contribution in [0, 0.1) is 0 Å². The Kier molecular flexibility index (Phi) is 6.87. The Hall–Kier alpha value is -2.26. The molecule has 0 aromatic heterocycles. The average molecular weight is 378 g/mol. The number of benzene rings is 2. The van der Waals surface area contributed by atoms with Crippen molar-refractivity contribution in [2.24, 2.45) is 0 Å². The molecule has 0 bridgehead atoms. The van der Waals surface area contributed by atoms with Gasteiger partial charge in [0, 0.05) is 13.0 Å². The van der Waals surface area contributed by atoms with Gasteiger partial charge in [0.25, 0.3) is 10.0 Å². The molecule has 8 heteroatoms. The molecule has 140 valence electrons. The number of amides is 1. The molecule has 0 aliphatic rings. The molecule has 0 heterocycles. The van der Waals surface area contributed by atoms with Gasteiger partial charge in [-0.2, -0.15) is 0 Å². The fourth-order valence-corrected chi connectivity index (χ4v) is 3.61. The molecule has 0 unspecified atom stereocenters. The predicted octanol–water partition coefficient (Wildman–Crippen LogP) is 2.58. The molecule has 2 rings (SSSR count). The van der Waals surface area contributed by atoms with Crippen molar-refractivity contribution in [3.05, 3.63) is 54.6 Å². The topological polar surface area (TPSA) is 95.9 Å². The number of hydrogen-bond acceptors (Lipinski definition) is 5. The number of sulfonamides is 1. The maximum Gasteiger partial charge on any atom is 0.265 e. The van der Waals surface area contributed by atoms with Gasteiger partial charge in [-0.3, -0.25) is 14.8 Å². The van der Waals surface area contributed by atoms with E-state index in [2.05, 4.69) is 0 Å². The first-order valence-corrected chi connectivity index (χ1v) is 9.56. The van der Waals surface area contributed by atoms with E-state index in [4.69, 9.17) is 10.0 Å². The van der Waals surface area contributed by atoms with Gasteiger partial charge in [0.1, 0.15) is 0 Å². The van der Waals surface area contributed by atoms with Crippen LogP contribution in [0.4, 0.5) is 0 Å². The van der Waals surface area contributed by atoms with Gasteiger partial charge in [-0.05, 0) is 37.1 Å². The molecule has 2 aromatic rings. The van der Waals surface area contributed by atoms with Crippen LogP contribution in [0.5, 0.6) is 0 Å². The monoisotopic (exact) mass is 378 g/mol. The Morgan fingerprint density at radius 1 is 1.08 bits per heavy atom. The van der Waals surface area contributed by atoms with Crippen molar-refractivity contribution < 1.29 is 23.3 Å². The number of carbonyl (C=O) groups excluding carboxylic acids is 1. The summed E-state index contributed by atoms with van der Waals surface area (Å²) >= 11 is 0. The molecule has 1 amide bonds. The van der Waals surface area contributed by atoms with E-state index in [1.54, 1.807) is 26.0 Å². The summed E-state index contributed by atoms with van der Waals surface area (Å²) < 4.78 is 26.4. The fraction of sp³-hybridized carbons (Fsp3) is 0.278. The second-order valence-corrected chi connectivity index (χ2v) is 7.69. The minimum atomic E-state index is -3.95. The molecule has 0 atom stereocenters. The highest BCUT2D eigenvalue weighted by atomic mass is 32.2. The summed E-state index contributed by atoms with van der Waals surface area (Å²) in [6.45, 7) is 3.16. The molecular weight excluding hydrogens is 356 g/mol. The molecule has 7 nitrogen and oxygen atoms in total. The third kappa shape index (κ3) is 5.12. The predicted molar refractivity (Wildman–Crippen MR) is 96.5 cm³/mol. The SMILES string of the molecule is CC(C)ON(CCC(=O)NO)S(=O)(=O)c1ccc(-c2ccccc2)cc1. The van der Waals surface area contributed by atoms with Gasteiger partial charge in [-0.1, -0.05) is 46.9 Å². The van der Waals surface area contributed by atoms with E-state index >= 15 is 0 Å². The lowest BCUT2D eigenvalue weighted by Gasteiger charge is -2.23. The van der Waals surface area contributed by atoms with Crippen molar-refractivity contribution in [2.75, 3.05) is 6.54 Å². The zero-order valence-electron chi connectivity index (χ0n) is 14.6. The maximum atomic E-state index is 12.8. The van der Waals surface area contributed by atoms with Crippen LogP contribution in [0.3, 0.4) is 0 Å². The molecule has 2 aromatic carbocycles. The standard InChI is InChI=1S/C18H22N2O5S/c1-14(2)25-20(13-12-18(21)19-22)26(23,24)17-10-8-16(9-11-17)15-6-4-3-5-7-15/h3-11,14,22H,12-13H2,1-2H3,(H,19,21). The van der Waals surface area contributed by atoms with Crippen molar-refractivity contribution >= 4 is 15.9 Å². The number of rotatable bonds is 8. The molecule has 0 radical (unpaired) electrons. The quantitative estimate of drug-likeness (QED) is 0.544. The normalized spacial score (nSPS) is 11.7. The molecule has 0 aliphatic carbocycles. The van der Waals surface area contributed by atoms with Gasteiger partial charge >= 0.3 is 0 Å². The van der Waals surface area contributed by atoms with Crippen molar-refractivity contribution in [1.82, 2.24) is 9.95 Å². The van der Waals surface area contributed by atoms with Crippen LogP contribution < -0.4 is 5.48 Å². The first-order chi connectivity index (χ1) is 12.3. The summed E-state index contributed by atoms with van der Waals surface area (Å²) in [5.74, 6) is -0.697. The minimum absolute atomic E-state index is 0.0576. The summed E-state index contributed by atoms with van der Waals surface area (Å²) in [6, 6.07) is 16.0. The summed E-state index contributed by atoms with van der Waals surface area (Å²) in [7, 11) is -3.95. The van der Waals surface area contributed by atoms with Crippen molar-refractivity contribution in [3.63, 3.8) is 0 Å². The van der Waals surface area contributed by atoms with E-state index in [-0.39, 0.29) is 17.9 Å².